The molecule has 0 N–H and O–H groups in total. The van der Waals surface area contributed by atoms with Gasteiger partial charge in [0.25, 0.3) is 0 Å². The summed E-state index contributed by atoms with van der Waals surface area (Å²) < 4.78 is 34.0. The van der Waals surface area contributed by atoms with Crippen LogP contribution in [0.1, 0.15) is 36.4 Å². The number of carbonyl (C=O) groups excluding carboxylic acids is 1. The molecule has 0 atom stereocenters. The van der Waals surface area contributed by atoms with Gasteiger partial charge in [-0.3, -0.25) is 4.79 Å². The van der Waals surface area contributed by atoms with Crippen molar-refractivity contribution in [2.24, 2.45) is 5.92 Å². The number of benzene rings is 2. The van der Waals surface area contributed by atoms with Crippen molar-refractivity contribution in [3.05, 3.63) is 108 Å². The van der Waals surface area contributed by atoms with Crippen molar-refractivity contribution in [2.45, 2.75) is 50.8 Å². The average Bonchev–Trinajstić information content (AvgIpc) is 3.50. The van der Waals surface area contributed by atoms with Crippen LogP contribution in [0.2, 0.25) is 0 Å². The van der Waals surface area contributed by atoms with E-state index in [1.54, 1.807) is 40.1 Å². The summed E-state index contributed by atoms with van der Waals surface area (Å²) in [5.74, 6) is 0.625. The number of carbonyl (C=O) groups is 1. The number of hydrogen-bond donors (Lipinski definition) is 0. The molecular formula is C28H31N3O4S. The first-order valence-corrected chi connectivity index (χ1v) is 13.6. The molecular weight excluding hydrogens is 474 g/mol. The van der Waals surface area contributed by atoms with Crippen LogP contribution in [0, 0.1) is 5.92 Å². The maximum atomic E-state index is 13.4. The minimum absolute atomic E-state index is 0.0310. The van der Waals surface area contributed by atoms with Crippen molar-refractivity contribution in [2.75, 3.05) is 0 Å². The molecule has 0 fully saturated rings. The number of sulfone groups is 1. The van der Waals surface area contributed by atoms with E-state index in [2.05, 4.69) is 4.98 Å². The van der Waals surface area contributed by atoms with Gasteiger partial charge in [0.15, 0.2) is 0 Å². The standard InChI is InChI=1S/C28H31N3O4S/c1-22(2)18-31-25(17-29-28(31)36(33,34)21-24-12-7-4-8-13-24)19-30(20-26-14-9-15-35-26)27(32)16-23-10-5-3-6-11-23/h3-15,17,22H,16,18-21H2,1-2H3. The number of rotatable bonds is 11. The number of amides is 1. The van der Waals surface area contributed by atoms with Crippen LogP contribution < -0.4 is 0 Å². The van der Waals surface area contributed by atoms with Crippen molar-refractivity contribution in [1.29, 1.82) is 0 Å². The molecule has 7 nitrogen and oxygen atoms in total. The Labute approximate surface area is 212 Å². The molecule has 0 saturated carbocycles. The Morgan fingerprint density at radius 3 is 2.22 bits per heavy atom. The van der Waals surface area contributed by atoms with Gasteiger partial charge in [-0.15, -0.1) is 0 Å². The smallest absolute Gasteiger partial charge is 0.228 e. The number of nitrogens with zero attached hydrogens (tertiary/aromatic N) is 3. The Kier molecular flexibility index (Phi) is 8.05. The summed E-state index contributed by atoms with van der Waals surface area (Å²) in [6.07, 6.45) is 3.39. The van der Waals surface area contributed by atoms with Crippen molar-refractivity contribution >= 4 is 15.7 Å². The quantitative estimate of drug-likeness (QED) is 0.290. The molecule has 0 unspecified atom stereocenters. The summed E-state index contributed by atoms with van der Waals surface area (Å²) in [6, 6.07) is 22.2. The van der Waals surface area contributed by atoms with Crippen LogP contribution in [-0.4, -0.2) is 28.8 Å². The van der Waals surface area contributed by atoms with Gasteiger partial charge in [0.2, 0.25) is 20.9 Å². The molecule has 0 saturated heterocycles. The van der Waals surface area contributed by atoms with E-state index in [0.717, 1.165) is 5.56 Å². The topological polar surface area (TPSA) is 85.4 Å². The molecule has 8 heteroatoms. The predicted molar refractivity (Wildman–Crippen MR) is 138 cm³/mol. The highest BCUT2D eigenvalue weighted by molar-refractivity contribution is 7.90. The Hall–Kier alpha value is -3.65. The lowest BCUT2D eigenvalue weighted by molar-refractivity contribution is -0.132. The third kappa shape index (κ3) is 6.51. The van der Waals surface area contributed by atoms with Crippen molar-refractivity contribution in [3.63, 3.8) is 0 Å². The number of furan rings is 1. The fourth-order valence-corrected chi connectivity index (χ4v) is 5.59. The first-order valence-electron chi connectivity index (χ1n) is 12.0. The molecule has 0 aliphatic carbocycles. The zero-order chi connectivity index (χ0) is 25.5. The van der Waals surface area contributed by atoms with E-state index in [9.17, 15) is 13.2 Å². The maximum Gasteiger partial charge on any atom is 0.228 e. The first kappa shape index (κ1) is 25.4. The molecule has 0 bridgehead atoms. The van der Waals surface area contributed by atoms with Gasteiger partial charge in [-0.25, -0.2) is 13.4 Å². The Morgan fingerprint density at radius 2 is 1.61 bits per heavy atom. The van der Waals surface area contributed by atoms with Gasteiger partial charge in [-0.05, 0) is 29.2 Å². The fraction of sp³-hybridized carbons (Fsp3) is 0.286. The minimum atomic E-state index is -3.69. The number of aromatic nitrogens is 2. The molecule has 1 amide bonds. The lowest BCUT2D eigenvalue weighted by Crippen LogP contribution is -2.32. The largest absolute Gasteiger partial charge is 0.467 e. The van der Waals surface area contributed by atoms with E-state index in [1.165, 1.54) is 0 Å². The van der Waals surface area contributed by atoms with Crippen molar-refractivity contribution < 1.29 is 17.6 Å². The molecule has 2 aromatic heterocycles. The van der Waals surface area contributed by atoms with Crippen LogP contribution in [0.4, 0.5) is 0 Å². The summed E-state index contributed by atoms with van der Waals surface area (Å²) in [5.41, 5.74) is 2.28. The monoisotopic (exact) mass is 505 g/mol. The Balaban J connectivity index is 1.64. The first-order chi connectivity index (χ1) is 17.3. The van der Waals surface area contributed by atoms with Crippen LogP contribution in [0.25, 0.3) is 0 Å². The van der Waals surface area contributed by atoms with Crippen LogP contribution in [0.3, 0.4) is 0 Å². The van der Waals surface area contributed by atoms with Gasteiger partial charge in [-0.2, -0.15) is 0 Å². The fourth-order valence-electron chi connectivity index (χ4n) is 4.09. The second-order valence-electron chi connectivity index (χ2n) is 9.27. The third-order valence-electron chi connectivity index (χ3n) is 5.76. The van der Waals surface area contributed by atoms with E-state index in [-0.39, 0.29) is 42.2 Å². The van der Waals surface area contributed by atoms with Gasteiger partial charge in [0.05, 0.1) is 43.4 Å². The molecule has 0 aliphatic heterocycles. The van der Waals surface area contributed by atoms with Crippen LogP contribution in [-0.2, 0) is 46.4 Å². The van der Waals surface area contributed by atoms with Crippen molar-refractivity contribution in [1.82, 2.24) is 14.5 Å². The SMILES string of the molecule is CC(C)Cn1c(CN(Cc2ccco2)C(=O)Cc2ccccc2)cnc1S(=O)(=O)Cc1ccccc1. The highest BCUT2D eigenvalue weighted by Gasteiger charge is 2.26. The summed E-state index contributed by atoms with van der Waals surface area (Å²) in [4.78, 5) is 19.4. The van der Waals surface area contributed by atoms with E-state index in [0.29, 0.717) is 23.6 Å². The van der Waals surface area contributed by atoms with E-state index < -0.39 is 9.84 Å². The molecule has 0 radical (unpaired) electrons. The summed E-state index contributed by atoms with van der Waals surface area (Å²) in [6.45, 7) is 5.02. The van der Waals surface area contributed by atoms with E-state index >= 15 is 0 Å². The molecule has 0 aliphatic rings. The molecule has 4 rings (SSSR count). The van der Waals surface area contributed by atoms with Crippen LogP contribution >= 0.6 is 0 Å². The van der Waals surface area contributed by atoms with Crippen LogP contribution in [0.5, 0.6) is 0 Å². The molecule has 188 valence electrons. The van der Waals surface area contributed by atoms with Crippen LogP contribution in [0.15, 0.2) is 94.8 Å². The predicted octanol–water partition coefficient (Wildman–Crippen LogP) is 4.88. The van der Waals surface area contributed by atoms with Crippen molar-refractivity contribution in [3.8, 4) is 0 Å². The number of imidazole rings is 1. The maximum absolute atomic E-state index is 13.4. The normalized spacial score (nSPS) is 11.6. The van der Waals surface area contributed by atoms with E-state index in [1.807, 2.05) is 68.4 Å². The summed E-state index contributed by atoms with van der Waals surface area (Å²) in [7, 11) is -3.69. The van der Waals surface area contributed by atoms with Gasteiger partial charge in [0.1, 0.15) is 5.76 Å². The van der Waals surface area contributed by atoms with Gasteiger partial charge < -0.3 is 13.9 Å². The highest BCUT2D eigenvalue weighted by atomic mass is 32.2. The van der Waals surface area contributed by atoms with Gasteiger partial charge in [0, 0.05) is 6.54 Å². The molecule has 2 heterocycles. The van der Waals surface area contributed by atoms with Gasteiger partial charge >= 0.3 is 0 Å². The molecule has 36 heavy (non-hydrogen) atoms. The van der Waals surface area contributed by atoms with Gasteiger partial charge in [-0.1, -0.05) is 74.5 Å². The Morgan fingerprint density at radius 1 is 0.944 bits per heavy atom. The lowest BCUT2D eigenvalue weighted by atomic mass is 10.1. The molecule has 2 aromatic carbocycles. The minimum Gasteiger partial charge on any atom is -0.467 e. The zero-order valence-electron chi connectivity index (χ0n) is 20.6. The second kappa shape index (κ2) is 11.4. The molecule has 4 aromatic rings. The average molecular weight is 506 g/mol. The summed E-state index contributed by atoms with van der Waals surface area (Å²) >= 11 is 0. The Bertz CT molecular complexity index is 1360. The number of hydrogen-bond acceptors (Lipinski definition) is 5. The summed E-state index contributed by atoms with van der Waals surface area (Å²) in [5, 5.41) is 0.0310. The lowest BCUT2D eigenvalue weighted by Gasteiger charge is -2.23. The molecule has 0 spiro atoms. The highest BCUT2D eigenvalue weighted by Crippen LogP contribution is 2.21. The van der Waals surface area contributed by atoms with E-state index in [4.69, 9.17) is 4.42 Å². The third-order valence-corrected chi connectivity index (χ3v) is 7.35. The zero-order valence-corrected chi connectivity index (χ0v) is 21.4. The second-order valence-corrected chi connectivity index (χ2v) is 11.2.